The molecule has 3 rings (SSSR count). The molecule has 0 bridgehead atoms. The van der Waals surface area contributed by atoms with Gasteiger partial charge in [0, 0.05) is 15.6 Å². The first-order valence-corrected chi connectivity index (χ1v) is 7.83. The zero-order valence-corrected chi connectivity index (χ0v) is 12.2. The Morgan fingerprint density at radius 3 is 2.60 bits per heavy atom. The van der Waals surface area contributed by atoms with E-state index in [9.17, 15) is 4.79 Å². The lowest BCUT2D eigenvalue weighted by molar-refractivity contribution is -0.164. The first-order valence-electron chi connectivity index (χ1n) is 6.01. The number of nitrogens with zero attached hydrogens (tertiary/aromatic N) is 2. The molecule has 20 heavy (non-hydrogen) atoms. The second-order valence-electron chi connectivity index (χ2n) is 4.02. The summed E-state index contributed by atoms with van der Waals surface area (Å²) < 4.78 is 2.43. The molecule has 1 heterocycles. The summed E-state index contributed by atoms with van der Waals surface area (Å²) in [5, 5.41) is 5.19. The van der Waals surface area contributed by atoms with Gasteiger partial charge in [-0.3, -0.25) is 0 Å². The van der Waals surface area contributed by atoms with E-state index in [1.54, 1.807) is 0 Å². The summed E-state index contributed by atoms with van der Waals surface area (Å²) in [5.41, 5.74) is 0. The van der Waals surface area contributed by atoms with Crippen molar-refractivity contribution in [3.05, 3.63) is 64.5 Å². The zero-order chi connectivity index (χ0) is 13.9. The van der Waals surface area contributed by atoms with Gasteiger partial charge in [0.05, 0.1) is 10.3 Å². The van der Waals surface area contributed by atoms with Crippen LogP contribution in [-0.2, 0) is 9.63 Å². The van der Waals surface area contributed by atoms with Gasteiger partial charge >= 0.3 is 5.97 Å². The standard InChI is InChI=1S/C14H12N2O2S2/c17-14(10-19)18-16-15-12-8-4-5-9-13(12)20(16)11-6-2-1-3-7-11/h1-9,19H,10H2. The van der Waals surface area contributed by atoms with Crippen LogP contribution in [0.25, 0.3) is 0 Å². The Hall–Kier alpha value is -1.79. The maximum atomic E-state index is 11.5. The van der Waals surface area contributed by atoms with Crippen LogP contribution in [0.4, 0.5) is 0 Å². The largest absolute Gasteiger partial charge is 0.345 e. The van der Waals surface area contributed by atoms with Gasteiger partial charge in [-0.15, -0.1) is 5.10 Å². The van der Waals surface area contributed by atoms with Crippen molar-refractivity contribution >= 4 is 29.3 Å². The molecule has 1 aliphatic rings. The van der Waals surface area contributed by atoms with Crippen LogP contribution in [-0.4, -0.2) is 16.3 Å². The molecule has 0 saturated heterocycles. The molecule has 0 saturated carbocycles. The summed E-state index contributed by atoms with van der Waals surface area (Å²) in [4.78, 5) is 17.8. The zero-order valence-electron chi connectivity index (χ0n) is 10.5. The number of carbonyl (C=O) groups excluding carboxylic acids is 1. The number of rotatable bonds is 3. The number of hydrogen-bond donors (Lipinski definition) is 1. The molecule has 0 amide bonds. The summed E-state index contributed by atoms with van der Waals surface area (Å²) in [7, 11) is -0.536. The molecule has 0 fully saturated rings. The maximum absolute atomic E-state index is 11.5. The molecule has 0 aromatic heterocycles. The SMILES string of the molecule is O=C(CS)ON1N=c2ccccc2=S1c1ccccc1. The highest BCUT2D eigenvalue weighted by Gasteiger charge is 2.20. The van der Waals surface area contributed by atoms with Crippen molar-refractivity contribution in [3.63, 3.8) is 0 Å². The monoisotopic (exact) mass is 304 g/mol. The predicted molar refractivity (Wildman–Crippen MR) is 80.5 cm³/mol. The van der Waals surface area contributed by atoms with Crippen LogP contribution in [0.1, 0.15) is 0 Å². The summed E-state index contributed by atoms with van der Waals surface area (Å²) in [6.45, 7) is 0. The molecule has 0 radical (unpaired) electrons. The van der Waals surface area contributed by atoms with Crippen LogP contribution >= 0.6 is 23.3 Å². The molecule has 2 aromatic carbocycles. The lowest BCUT2D eigenvalue weighted by Crippen LogP contribution is -2.18. The molecular weight excluding hydrogens is 292 g/mol. The molecular formula is C14H12N2O2S2. The topological polar surface area (TPSA) is 41.9 Å². The van der Waals surface area contributed by atoms with E-state index in [4.69, 9.17) is 4.84 Å². The second-order valence-corrected chi connectivity index (χ2v) is 6.13. The van der Waals surface area contributed by atoms with Gasteiger partial charge in [0.15, 0.2) is 0 Å². The van der Waals surface area contributed by atoms with Crippen molar-refractivity contribution in [1.82, 2.24) is 4.58 Å². The quantitative estimate of drug-likeness (QED) is 0.699. The molecule has 0 spiro atoms. The highest BCUT2D eigenvalue weighted by atomic mass is 32.2. The third-order valence-corrected chi connectivity index (χ3v) is 4.90. The van der Waals surface area contributed by atoms with E-state index in [2.05, 4.69) is 17.7 Å². The van der Waals surface area contributed by atoms with Crippen LogP contribution in [0.2, 0.25) is 0 Å². The molecule has 102 valence electrons. The van der Waals surface area contributed by atoms with Gasteiger partial charge in [-0.1, -0.05) is 34.9 Å². The van der Waals surface area contributed by atoms with Crippen molar-refractivity contribution in [2.24, 2.45) is 5.10 Å². The fourth-order valence-corrected chi connectivity index (χ4v) is 3.77. The Morgan fingerprint density at radius 1 is 1.15 bits per heavy atom. The van der Waals surface area contributed by atoms with Gasteiger partial charge < -0.3 is 4.84 Å². The van der Waals surface area contributed by atoms with E-state index in [1.807, 2.05) is 54.6 Å². The number of fused-ring (bicyclic) bond motifs is 1. The lowest BCUT2D eigenvalue weighted by atomic mass is 10.3. The van der Waals surface area contributed by atoms with Crippen LogP contribution in [0.3, 0.4) is 0 Å². The van der Waals surface area contributed by atoms with Crippen molar-refractivity contribution in [1.29, 1.82) is 0 Å². The molecule has 1 atom stereocenters. The minimum Gasteiger partial charge on any atom is -0.312 e. The maximum Gasteiger partial charge on any atom is 0.345 e. The van der Waals surface area contributed by atoms with E-state index < -0.39 is 16.6 Å². The van der Waals surface area contributed by atoms with Crippen LogP contribution < -0.4 is 5.36 Å². The predicted octanol–water partition coefficient (Wildman–Crippen LogP) is 2.42. The second kappa shape index (κ2) is 5.68. The van der Waals surface area contributed by atoms with E-state index >= 15 is 0 Å². The van der Waals surface area contributed by atoms with Gasteiger partial charge in [-0.2, -0.15) is 12.6 Å². The number of hydrogen-bond acceptors (Lipinski definition) is 5. The highest BCUT2D eigenvalue weighted by molar-refractivity contribution is 8.07. The Morgan fingerprint density at radius 2 is 1.85 bits per heavy atom. The Balaban J connectivity index is 2.15. The van der Waals surface area contributed by atoms with E-state index in [-0.39, 0.29) is 5.75 Å². The molecule has 0 N–H and O–H groups in total. The van der Waals surface area contributed by atoms with Gasteiger partial charge in [-0.05, 0) is 24.3 Å². The average molecular weight is 304 g/mol. The molecule has 6 heteroatoms. The average Bonchev–Trinajstić information content (AvgIpc) is 2.85. The molecule has 2 aromatic rings. The highest BCUT2D eigenvalue weighted by Crippen LogP contribution is 2.35. The first kappa shape index (κ1) is 13.2. The molecule has 0 aliphatic carbocycles. The summed E-state index contributed by atoms with van der Waals surface area (Å²) >= 11 is 3.93. The summed E-state index contributed by atoms with van der Waals surface area (Å²) in [5.74, 6) is -0.396. The normalized spacial score (nSPS) is 16.4. The molecule has 1 unspecified atom stereocenters. The minimum atomic E-state index is -0.536. The molecule has 1 aliphatic heterocycles. The lowest BCUT2D eigenvalue weighted by Gasteiger charge is -2.17. The fourth-order valence-electron chi connectivity index (χ4n) is 1.86. The van der Waals surface area contributed by atoms with Crippen molar-refractivity contribution < 1.29 is 9.63 Å². The van der Waals surface area contributed by atoms with E-state index in [0.717, 1.165) is 14.8 Å². The summed E-state index contributed by atoms with van der Waals surface area (Å²) in [6.07, 6.45) is 0. The van der Waals surface area contributed by atoms with Crippen molar-refractivity contribution in [3.8, 4) is 0 Å². The fraction of sp³-hybridized carbons (Fsp3) is 0.0714. The summed E-state index contributed by atoms with van der Waals surface area (Å²) in [6, 6.07) is 17.7. The van der Waals surface area contributed by atoms with Gasteiger partial charge in [0.2, 0.25) is 0 Å². The Labute approximate surface area is 124 Å². The van der Waals surface area contributed by atoms with E-state index in [0.29, 0.717) is 0 Å². The third-order valence-electron chi connectivity index (χ3n) is 2.69. The van der Waals surface area contributed by atoms with Crippen LogP contribution in [0.5, 0.6) is 0 Å². The van der Waals surface area contributed by atoms with Gasteiger partial charge in [-0.25, -0.2) is 4.79 Å². The Bertz CT molecular complexity index is 762. The van der Waals surface area contributed by atoms with E-state index in [1.165, 1.54) is 4.58 Å². The van der Waals surface area contributed by atoms with Crippen LogP contribution in [0, 0.1) is 4.51 Å². The van der Waals surface area contributed by atoms with Gasteiger partial charge in [0.25, 0.3) is 0 Å². The Kier molecular flexibility index (Phi) is 3.75. The number of thiol groups is 1. The number of carbonyl (C=O) groups is 1. The first-order chi connectivity index (χ1) is 9.79. The van der Waals surface area contributed by atoms with Crippen LogP contribution in [0.15, 0.2) is 64.6 Å². The number of benzene rings is 2. The minimum absolute atomic E-state index is 0.0222. The molecule has 4 nitrogen and oxygen atoms in total. The van der Waals surface area contributed by atoms with Gasteiger partial charge in [0.1, 0.15) is 5.36 Å². The van der Waals surface area contributed by atoms with Crippen molar-refractivity contribution in [2.45, 2.75) is 4.90 Å². The third kappa shape index (κ3) is 2.44. The smallest absolute Gasteiger partial charge is 0.312 e. The van der Waals surface area contributed by atoms with Crippen molar-refractivity contribution in [2.75, 3.05) is 5.75 Å².